The molecule has 0 fully saturated rings. The number of nitrogens with zero attached hydrogens (tertiary/aromatic N) is 2. The van der Waals surface area contributed by atoms with Gasteiger partial charge in [0.25, 0.3) is 0 Å². The average Bonchev–Trinajstić information content (AvgIpc) is 2.58. The highest BCUT2D eigenvalue weighted by atomic mass is 16.2. The first-order chi connectivity index (χ1) is 12.0. The molecular weight excluding hydrogens is 318 g/mol. The third kappa shape index (κ3) is 3.91. The van der Waals surface area contributed by atoms with Crippen molar-refractivity contribution in [2.75, 3.05) is 11.9 Å². The van der Waals surface area contributed by atoms with Gasteiger partial charge < -0.3 is 5.32 Å². The fraction of sp³-hybridized carbons (Fsp3) is 0.263. The van der Waals surface area contributed by atoms with E-state index < -0.39 is 11.9 Å². The third-order valence-corrected chi connectivity index (χ3v) is 4.08. The second-order valence-corrected chi connectivity index (χ2v) is 6.05. The Morgan fingerprint density at radius 1 is 1.28 bits per heavy atom. The van der Waals surface area contributed by atoms with Crippen LogP contribution in [0.5, 0.6) is 0 Å². The van der Waals surface area contributed by atoms with Crippen molar-refractivity contribution in [3.63, 3.8) is 0 Å². The number of carbonyl (C=O) groups excluding carboxylic acids is 3. The van der Waals surface area contributed by atoms with Gasteiger partial charge in [0.1, 0.15) is 0 Å². The Morgan fingerprint density at radius 3 is 2.92 bits per heavy atom. The molecule has 0 bridgehead atoms. The van der Waals surface area contributed by atoms with Gasteiger partial charge in [-0.2, -0.15) is 4.99 Å². The predicted octanol–water partition coefficient (Wildman–Crippen LogP) is 2.86. The minimum absolute atomic E-state index is 0.146. The Morgan fingerprint density at radius 2 is 2.12 bits per heavy atom. The van der Waals surface area contributed by atoms with E-state index in [0.29, 0.717) is 12.1 Å². The Bertz CT molecular complexity index is 808. The number of aliphatic imine (C=N–C) groups is 1. The van der Waals surface area contributed by atoms with Gasteiger partial charge in [0.2, 0.25) is 11.8 Å². The van der Waals surface area contributed by atoms with E-state index in [1.807, 2.05) is 31.2 Å². The molecule has 1 heterocycles. The molecule has 0 radical (unpaired) electrons. The molecule has 0 aromatic heterocycles. The van der Waals surface area contributed by atoms with Crippen LogP contribution in [-0.4, -0.2) is 35.0 Å². The normalized spacial score (nSPS) is 18.8. The highest BCUT2D eigenvalue weighted by Crippen LogP contribution is 2.20. The number of amides is 4. The van der Waals surface area contributed by atoms with Crippen LogP contribution in [0.15, 0.2) is 53.6 Å². The van der Waals surface area contributed by atoms with Crippen LogP contribution >= 0.6 is 0 Å². The second kappa shape index (κ2) is 7.25. The van der Waals surface area contributed by atoms with E-state index in [2.05, 4.69) is 10.3 Å². The van der Waals surface area contributed by atoms with Crippen molar-refractivity contribution in [1.29, 1.82) is 0 Å². The molecule has 25 heavy (non-hydrogen) atoms. The molecule has 1 atom stereocenters. The number of benzene rings is 1. The number of anilines is 1. The van der Waals surface area contributed by atoms with Crippen molar-refractivity contribution in [2.45, 2.75) is 19.8 Å². The van der Waals surface area contributed by atoms with Crippen molar-refractivity contribution in [1.82, 2.24) is 4.90 Å². The fourth-order valence-electron chi connectivity index (χ4n) is 2.83. The fourth-order valence-corrected chi connectivity index (χ4v) is 2.83. The molecule has 128 valence electrons. The van der Waals surface area contributed by atoms with Crippen molar-refractivity contribution < 1.29 is 14.4 Å². The van der Waals surface area contributed by atoms with Crippen LogP contribution in [-0.2, 0) is 9.59 Å². The number of urea groups is 1. The first kappa shape index (κ1) is 16.8. The lowest BCUT2D eigenvalue weighted by Gasteiger charge is -2.28. The molecular formula is C19H19N3O3. The van der Waals surface area contributed by atoms with Gasteiger partial charge in [-0.15, -0.1) is 0 Å². The molecule has 1 aromatic rings. The maximum Gasteiger partial charge on any atom is 0.350 e. The summed E-state index contributed by atoms with van der Waals surface area (Å²) >= 11 is 0. The number of carbonyl (C=O) groups is 3. The first-order valence-corrected chi connectivity index (χ1v) is 8.20. The summed E-state index contributed by atoms with van der Waals surface area (Å²) in [4.78, 5) is 41.5. The van der Waals surface area contributed by atoms with Crippen molar-refractivity contribution in [3.8, 4) is 0 Å². The summed E-state index contributed by atoms with van der Waals surface area (Å²) in [6.07, 6.45) is 7.54. The standard InChI is InChI=1S/C19H19N3O3/c1-13-6-4-7-14(12-13)20-17(23)10-5-11-22-18(24)15-8-2-3-9-16(15)21-19(22)25/h2-4,6-9,12,15H,5,10-11H2,1H3,(H,20,23). The van der Waals surface area contributed by atoms with Crippen LogP contribution in [0.25, 0.3) is 0 Å². The van der Waals surface area contributed by atoms with Gasteiger partial charge in [-0.3, -0.25) is 14.5 Å². The molecule has 1 N–H and O–H groups in total. The van der Waals surface area contributed by atoms with Crippen LogP contribution in [0, 0.1) is 12.8 Å². The highest BCUT2D eigenvalue weighted by Gasteiger charge is 2.35. The van der Waals surface area contributed by atoms with Gasteiger partial charge in [-0.1, -0.05) is 30.4 Å². The zero-order valence-electron chi connectivity index (χ0n) is 13.9. The molecule has 6 nitrogen and oxygen atoms in total. The molecule has 4 amide bonds. The number of aryl methyl sites for hydroxylation is 1. The molecule has 6 heteroatoms. The molecule has 0 saturated heterocycles. The Labute approximate surface area is 145 Å². The van der Waals surface area contributed by atoms with E-state index in [4.69, 9.17) is 0 Å². The van der Waals surface area contributed by atoms with E-state index in [9.17, 15) is 14.4 Å². The number of fused-ring (bicyclic) bond motifs is 1. The molecule has 3 rings (SSSR count). The van der Waals surface area contributed by atoms with Crippen LogP contribution in [0.1, 0.15) is 18.4 Å². The van der Waals surface area contributed by atoms with Gasteiger partial charge in [0, 0.05) is 18.7 Å². The summed E-state index contributed by atoms with van der Waals surface area (Å²) in [5.74, 6) is -0.925. The van der Waals surface area contributed by atoms with Crippen molar-refractivity contribution >= 4 is 29.2 Å². The summed E-state index contributed by atoms with van der Waals surface area (Å²) < 4.78 is 0. The van der Waals surface area contributed by atoms with Gasteiger partial charge in [0.15, 0.2) is 0 Å². The smallest absolute Gasteiger partial charge is 0.326 e. The van der Waals surface area contributed by atoms with Crippen LogP contribution in [0.3, 0.4) is 0 Å². The number of allylic oxidation sites excluding steroid dienone is 3. The minimum atomic E-state index is -0.560. The lowest BCUT2D eigenvalue weighted by Crippen LogP contribution is -2.46. The number of hydrogen-bond acceptors (Lipinski definition) is 3. The Balaban J connectivity index is 1.53. The quantitative estimate of drug-likeness (QED) is 0.897. The first-order valence-electron chi connectivity index (χ1n) is 8.20. The topological polar surface area (TPSA) is 78.8 Å². The number of nitrogens with one attached hydrogen (secondary N) is 1. The number of imide groups is 1. The average molecular weight is 337 g/mol. The van der Waals surface area contributed by atoms with Crippen molar-refractivity contribution in [3.05, 3.63) is 54.1 Å². The van der Waals surface area contributed by atoms with Crippen LogP contribution < -0.4 is 5.32 Å². The van der Waals surface area contributed by atoms with Gasteiger partial charge in [0.05, 0.1) is 11.6 Å². The largest absolute Gasteiger partial charge is 0.350 e. The summed E-state index contributed by atoms with van der Waals surface area (Å²) in [5.41, 5.74) is 2.28. The third-order valence-electron chi connectivity index (χ3n) is 4.08. The molecule has 1 unspecified atom stereocenters. The van der Waals surface area contributed by atoms with E-state index in [1.54, 1.807) is 24.3 Å². The molecule has 0 saturated carbocycles. The molecule has 0 spiro atoms. The zero-order valence-corrected chi connectivity index (χ0v) is 13.9. The lowest BCUT2D eigenvalue weighted by molar-refractivity contribution is -0.129. The minimum Gasteiger partial charge on any atom is -0.326 e. The zero-order chi connectivity index (χ0) is 17.8. The number of hydrogen-bond donors (Lipinski definition) is 1. The summed E-state index contributed by atoms with van der Waals surface area (Å²) in [6, 6.07) is 6.97. The van der Waals surface area contributed by atoms with Gasteiger partial charge in [-0.25, -0.2) is 4.79 Å². The number of rotatable bonds is 5. The Kier molecular flexibility index (Phi) is 4.88. The molecule has 1 aliphatic carbocycles. The van der Waals surface area contributed by atoms with Crippen LogP contribution in [0.2, 0.25) is 0 Å². The predicted molar refractivity (Wildman–Crippen MR) is 95.4 cm³/mol. The summed E-state index contributed by atoms with van der Waals surface area (Å²) in [7, 11) is 0. The maximum atomic E-state index is 12.4. The van der Waals surface area contributed by atoms with Gasteiger partial charge >= 0.3 is 6.03 Å². The summed E-state index contributed by atoms with van der Waals surface area (Å²) in [6.45, 7) is 2.14. The second-order valence-electron chi connectivity index (χ2n) is 6.05. The van der Waals surface area contributed by atoms with Gasteiger partial charge in [-0.05, 0) is 37.1 Å². The SMILES string of the molecule is Cc1cccc(NC(=O)CCCN2C(=O)N=C3C=CC=CC3C2=O)c1. The summed E-state index contributed by atoms with van der Waals surface area (Å²) in [5, 5.41) is 2.81. The lowest BCUT2D eigenvalue weighted by atomic mass is 9.95. The van der Waals surface area contributed by atoms with E-state index in [1.165, 1.54) is 0 Å². The highest BCUT2D eigenvalue weighted by molar-refractivity contribution is 6.21. The van der Waals surface area contributed by atoms with E-state index >= 15 is 0 Å². The van der Waals surface area contributed by atoms with E-state index in [0.717, 1.165) is 16.2 Å². The van der Waals surface area contributed by atoms with Crippen LogP contribution in [0.4, 0.5) is 10.5 Å². The van der Waals surface area contributed by atoms with E-state index in [-0.39, 0.29) is 24.8 Å². The monoisotopic (exact) mass is 337 g/mol. The Hall–Kier alpha value is -3.02. The molecule has 1 aromatic carbocycles. The van der Waals surface area contributed by atoms with Crippen molar-refractivity contribution in [2.24, 2.45) is 10.9 Å². The maximum absolute atomic E-state index is 12.4. The molecule has 2 aliphatic rings. The molecule has 1 aliphatic heterocycles.